The van der Waals surface area contributed by atoms with E-state index in [0.717, 1.165) is 18.5 Å². The Morgan fingerprint density at radius 2 is 1.87 bits per heavy atom. The van der Waals surface area contributed by atoms with Crippen molar-refractivity contribution in [1.29, 1.82) is 0 Å². The van der Waals surface area contributed by atoms with Gasteiger partial charge in [-0.3, -0.25) is 4.90 Å². The van der Waals surface area contributed by atoms with Crippen molar-refractivity contribution in [2.75, 3.05) is 13.6 Å². The molecule has 1 aliphatic rings. The Balaban J connectivity index is 2.35. The van der Waals surface area contributed by atoms with Gasteiger partial charge < -0.3 is 5.73 Å². The zero-order chi connectivity index (χ0) is 11.0. The summed E-state index contributed by atoms with van der Waals surface area (Å²) in [7, 11) is 2.08. The molecule has 4 heteroatoms. The van der Waals surface area contributed by atoms with Crippen LogP contribution in [0, 0.1) is 0 Å². The second-order valence-electron chi connectivity index (χ2n) is 4.08. The molecule has 0 aliphatic carbocycles. The molecule has 1 saturated heterocycles. The Hall–Kier alpha value is -0.280. The topological polar surface area (TPSA) is 29.3 Å². The molecule has 1 aromatic carbocycles. The van der Waals surface area contributed by atoms with Crippen LogP contribution >= 0.6 is 23.2 Å². The number of likely N-dealkylation sites (tertiary alicyclic amines) is 1. The van der Waals surface area contributed by atoms with Crippen molar-refractivity contribution >= 4 is 23.2 Å². The van der Waals surface area contributed by atoms with E-state index in [0.29, 0.717) is 10.0 Å². The Bertz CT molecular complexity index is 337. The van der Waals surface area contributed by atoms with Gasteiger partial charge >= 0.3 is 0 Å². The van der Waals surface area contributed by atoms with Crippen molar-refractivity contribution in [1.82, 2.24) is 4.90 Å². The summed E-state index contributed by atoms with van der Waals surface area (Å²) in [5, 5.41) is 1.34. The molecule has 2 N–H and O–H groups in total. The van der Waals surface area contributed by atoms with Crippen LogP contribution in [0.25, 0.3) is 0 Å². The van der Waals surface area contributed by atoms with E-state index >= 15 is 0 Å². The van der Waals surface area contributed by atoms with Crippen LogP contribution in [0.15, 0.2) is 18.2 Å². The Morgan fingerprint density at radius 3 is 2.33 bits per heavy atom. The van der Waals surface area contributed by atoms with Crippen LogP contribution < -0.4 is 5.73 Å². The minimum absolute atomic E-state index is 0.171. The van der Waals surface area contributed by atoms with Gasteiger partial charge in [0, 0.05) is 28.7 Å². The number of nitrogens with zero attached hydrogens (tertiary/aromatic N) is 1. The summed E-state index contributed by atoms with van der Waals surface area (Å²) in [4.78, 5) is 2.24. The molecule has 0 spiro atoms. The Labute approximate surface area is 100.0 Å². The Kier molecular flexibility index (Phi) is 3.21. The number of hydrogen-bond acceptors (Lipinski definition) is 2. The molecular formula is C11H14Cl2N2. The van der Waals surface area contributed by atoms with E-state index in [1.165, 1.54) is 0 Å². The molecule has 2 unspecified atom stereocenters. The van der Waals surface area contributed by atoms with E-state index in [2.05, 4.69) is 11.9 Å². The highest BCUT2D eigenvalue weighted by Gasteiger charge is 2.30. The zero-order valence-electron chi connectivity index (χ0n) is 8.58. The highest BCUT2D eigenvalue weighted by Crippen LogP contribution is 2.32. The molecule has 1 fully saturated rings. The molecule has 82 valence electrons. The lowest BCUT2D eigenvalue weighted by Gasteiger charge is -2.23. The highest BCUT2D eigenvalue weighted by atomic mass is 35.5. The molecule has 0 amide bonds. The number of likely N-dealkylation sites (N-methyl/N-ethyl adjacent to an activating group) is 1. The quantitative estimate of drug-likeness (QED) is 0.824. The van der Waals surface area contributed by atoms with Crippen molar-refractivity contribution in [3.8, 4) is 0 Å². The third kappa shape index (κ3) is 2.28. The second-order valence-corrected chi connectivity index (χ2v) is 4.95. The molecule has 15 heavy (non-hydrogen) atoms. The van der Waals surface area contributed by atoms with Gasteiger partial charge in [-0.2, -0.15) is 0 Å². The minimum Gasteiger partial charge on any atom is -0.326 e. The van der Waals surface area contributed by atoms with Crippen molar-refractivity contribution < 1.29 is 0 Å². The Morgan fingerprint density at radius 1 is 1.27 bits per heavy atom. The van der Waals surface area contributed by atoms with Crippen LogP contribution in [0.4, 0.5) is 0 Å². The average Bonchev–Trinajstić information content (AvgIpc) is 2.44. The van der Waals surface area contributed by atoms with Gasteiger partial charge in [-0.25, -0.2) is 0 Å². The van der Waals surface area contributed by atoms with Crippen LogP contribution in [0.3, 0.4) is 0 Å². The molecule has 2 nitrogen and oxygen atoms in total. The van der Waals surface area contributed by atoms with Crippen LogP contribution in [-0.2, 0) is 0 Å². The molecule has 2 rings (SSSR count). The van der Waals surface area contributed by atoms with Gasteiger partial charge in [-0.1, -0.05) is 23.2 Å². The largest absolute Gasteiger partial charge is 0.326 e. The summed E-state index contributed by atoms with van der Waals surface area (Å²) >= 11 is 12.0. The van der Waals surface area contributed by atoms with E-state index in [1.807, 2.05) is 12.1 Å². The summed E-state index contributed by atoms with van der Waals surface area (Å²) in [6.45, 7) is 1.02. The van der Waals surface area contributed by atoms with Gasteiger partial charge in [0.15, 0.2) is 0 Å². The first-order valence-corrected chi connectivity index (χ1v) is 5.75. The molecule has 0 radical (unpaired) electrons. The number of hydrogen-bond donors (Lipinski definition) is 1. The molecule has 0 bridgehead atoms. The zero-order valence-corrected chi connectivity index (χ0v) is 10.1. The predicted octanol–water partition coefficient (Wildman–Crippen LogP) is 2.70. The van der Waals surface area contributed by atoms with Crippen LogP contribution in [0.1, 0.15) is 18.0 Å². The van der Waals surface area contributed by atoms with Crippen molar-refractivity contribution in [3.63, 3.8) is 0 Å². The fourth-order valence-corrected chi connectivity index (χ4v) is 2.77. The molecule has 1 heterocycles. The molecule has 0 saturated carbocycles. The first kappa shape index (κ1) is 11.2. The summed E-state index contributed by atoms with van der Waals surface area (Å²) in [5.74, 6) is 0. The fraction of sp³-hybridized carbons (Fsp3) is 0.455. The first-order chi connectivity index (χ1) is 7.08. The number of halogens is 2. The number of benzene rings is 1. The first-order valence-electron chi connectivity index (χ1n) is 5.00. The predicted molar refractivity (Wildman–Crippen MR) is 64.4 cm³/mol. The SMILES string of the molecule is CN1CCC(N)C1c1cc(Cl)cc(Cl)c1. The molecule has 1 aromatic rings. The smallest absolute Gasteiger partial charge is 0.0497 e. The van der Waals surface area contributed by atoms with Gasteiger partial charge in [-0.05, 0) is 37.2 Å². The van der Waals surface area contributed by atoms with Gasteiger partial charge in [0.1, 0.15) is 0 Å². The minimum atomic E-state index is 0.171. The average molecular weight is 245 g/mol. The summed E-state index contributed by atoms with van der Waals surface area (Å²) in [6, 6.07) is 6.04. The van der Waals surface area contributed by atoms with Crippen molar-refractivity contribution in [3.05, 3.63) is 33.8 Å². The monoisotopic (exact) mass is 244 g/mol. The van der Waals surface area contributed by atoms with E-state index in [4.69, 9.17) is 28.9 Å². The van der Waals surface area contributed by atoms with Crippen molar-refractivity contribution in [2.24, 2.45) is 5.73 Å². The summed E-state index contributed by atoms with van der Waals surface area (Å²) in [5.41, 5.74) is 7.18. The maximum absolute atomic E-state index is 6.07. The van der Waals surface area contributed by atoms with Gasteiger partial charge in [0.05, 0.1) is 0 Å². The lowest BCUT2D eigenvalue weighted by molar-refractivity contribution is 0.304. The molecule has 0 aromatic heterocycles. The molecule has 2 atom stereocenters. The third-order valence-corrected chi connectivity index (χ3v) is 3.36. The van der Waals surface area contributed by atoms with E-state index in [1.54, 1.807) is 6.07 Å². The number of nitrogens with two attached hydrogens (primary N) is 1. The van der Waals surface area contributed by atoms with Crippen LogP contribution in [0.2, 0.25) is 10.0 Å². The standard InChI is InChI=1S/C11H14Cl2N2/c1-15-3-2-10(14)11(15)7-4-8(12)6-9(13)5-7/h4-6,10-11H,2-3,14H2,1H3. The lowest BCUT2D eigenvalue weighted by atomic mass is 10.0. The summed E-state index contributed by atoms with van der Waals surface area (Å²) < 4.78 is 0. The maximum atomic E-state index is 6.07. The van der Waals surface area contributed by atoms with Crippen LogP contribution in [0.5, 0.6) is 0 Å². The van der Waals surface area contributed by atoms with Crippen LogP contribution in [-0.4, -0.2) is 24.5 Å². The van der Waals surface area contributed by atoms with E-state index < -0.39 is 0 Å². The maximum Gasteiger partial charge on any atom is 0.0497 e. The summed E-state index contributed by atoms with van der Waals surface area (Å²) in [6.07, 6.45) is 1.02. The molecule has 1 aliphatic heterocycles. The molecular weight excluding hydrogens is 231 g/mol. The lowest BCUT2D eigenvalue weighted by Crippen LogP contribution is -2.29. The normalized spacial score (nSPS) is 27.2. The van der Waals surface area contributed by atoms with Gasteiger partial charge in [0.25, 0.3) is 0 Å². The van der Waals surface area contributed by atoms with E-state index in [9.17, 15) is 0 Å². The van der Waals surface area contributed by atoms with Crippen molar-refractivity contribution in [2.45, 2.75) is 18.5 Å². The second kappa shape index (κ2) is 4.30. The van der Waals surface area contributed by atoms with Gasteiger partial charge in [0.2, 0.25) is 0 Å². The van der Waals surface area contributed by atoms with Gasteiger partial charge in [-0.15, -0.1) is 0 Å². The highest BCUT2D eigenvalue weighted by molar-refractivity contribution is 6.34. The fourth-order valence-electron chi connectivity index (χ4n) is 2.22. The number of rotatable bonds is 1. The van der Waals surface area contributed by atoms with E-state index in [-0.39, 0.29) is 12.1 Å². The third-order valence-electron chi connectivity index (χ3n) is 2.92.